The molecule has 0 saturated carbocycles. The Morgan fingerprint density at radius 3 is 2.63 bits per heavy atom. The Morgan fingerprint density at radius 1 is 1.15 bits per heavy atom. The zero-order valence-corrected chi connectivity index (χ0v) is 16.1. The summed E-state index contributed by atoms with van der Waals surface area (Å²) in [5, 5.41) is 0. The van der Waals surface area contributed by atoms with Gasteiger partial charge >= 0.3 is 0 Å². The van der Waals surface area contributed by atoms with Gasteiger partial charge in [-0.3, -0.25) is 9.69 Å². The number of piperazine rings is 1. The fourth-order valence-corrected chi connectivity index (χ4v) is 3.64. The molecule has 2 aromatic rings. The Kier molecular flexibility index (Phi) is 6.58. The number of hydrogen-bond acceptors (Lipinski definition) is 3. The van der Waals surface area contributed by atoms with Crippen molar-refractivity contribution in [2.24, 2.45) is 0 Å². The van der Waals surface area contributed by atoms with Gasteiger partial charge in [0, 0.05) is 38.8 Å². The van der Waals surface area contributed by atoms with Gasteiger partial charge < -0.3 is 9.80 Å². The van der Waals surface area contributed by atoms with Crippen molar-refractivity contribution in [2.45, 2.75) is 19.5 Å². The minimum absolute atomic E-state index is 0.0900. The molecular formula is C22H28FN3O. The molecule has 0 radical (unpaired) electrons. The summed E-state index contributed by atoms with van der Waals surface area (Å²) in [5.41, 5.74) is 2.06. The van der Waals surface area contributed by atoms with E-state index in [1.807, 2.05) is 31.2 Å². The monoisotopic (exact) mass is 369 g/mol. The number of benzene rings is 2. The summed E-state index contributed by atoms with van der Waals surface area (Å²) < 4.78 is 13.5. The predicted molar refractivity (Wildman–Crippen MR) is 106 cm³/mol. The molecule has 1 fully saturated rings. The summed E-state index contributed by atoms with van der Waals surface area (Å²) in [4.78, 5) is 19.3. The maximum atomic E-state index is 13.5. The van der Waals surface area contributed by atoms with Crippen molar-refractivity contribution in [1.29, 1.82) is 0 Å². The van der Waals surface area contributed by atoms with Crippen LogP contribution in [-0.4, -0.2) is 60.4 Å². The highest BCUT2D eigenvalue weighted by atomic mass is 19.1. The zero-order chi connectivity index (χ0) is 19.2. The first kappa shape index (κ1) is 19.5. The normalized spacial score (nSPS) is 18.4. The Morgan fingerprint density at radius 2 is 1.93 bits per heavy atom. The van der Waals surface area contributed by atoms with Gasteiger partial charge in [-0.15, -0.1) is 0 Å². The molecule has 1 aliphatic heterocycles. The van der Waals surface area contributed by atoms with E-state index in [-0.39, 0.29) is 17.8 Å². The lowest BCUT2D eigenvalue weighted by Crippen LogP contribution is -2.50. The highest BCUT2D eigenvalue weighted by molar-refractivity contribution is 5.78. The molecule has 1 aliphatic rings. The number of hydrogen-bond donors (Lipinski definition) is 0. The smallest absolute Gasteiger partial charge is 0.237 e. The third-order valence-electron chi connectivity index (χ3n) is 5.21. The molecule has 144 valence electrons. The van der Waals surface area contributed by atoms with Crippen LogP contribution in [0, 0.1) is 5.82 Å². The Labute approximate surface area is 161 Å². The molecule has 0 N–H and O–H groups in total. The zero-order valence-electron chi connectivity index (χ0n) is 16.1. The van der Waals surface area contributed by atoms with Crippen molar-refractivity contribution in [3.05, 3.63) is 71.5 Å². The van der Waals surface area contributed by atoms with E-state index in [4.69, 9.17) is 0 Å². The lowest BCUT2D eigenvalue weighted by Gasteiger charge is -2.40. The number of rotatable bonds is 6. The van der Waals surface area contributed by atoms with Crippen LogP contribution in [0.3, 0.4) is 0 Å². The second-order valence-corrected chi connectivity index (χ2v) is 7.20. The standard InChI is InChI=1S/C22H28FN3O/c1-3-25(15-18-8-7-11-20(23)14-18)22(27)17-26-13-12-24(2)16-21(26)19-9-5-4-6-10-19/h4-11,14,21H,3,12-13,15-17H2,1-2H3. The van der Waals surface area contributed by atoms with Gasteiger partial charge in [0.25, 0.3) is 0 Å². The molecule has 0 spiro atoms. The molecule has 1 heterocycles. The minimum atomic E-state index is -0.265. The maximum absolute atomic E-state index is 13.5. The molecule has 4 nitrogen and oxygen atoms in total. The predicted octanol–water partition coefficient (Wildman–Crippen LogP) is 3.16. The summed E-state index contributed by atoms with van der Waals surface area (Å²) in [5.74, 6) is -0.175. The van der Waals surface area contributed by atoms with Gasteiger partial charge in [0.05, 0.1) is 6.54 Å². The lowest BCUT2D eigenvalue weighted by molar-refractivity contribution is -0.134. The molecule has 1 amide bonds. The van der Waals surface area contributed by atoms with Crippen LogP contribution in [0.25, 0.3) is 0 Å². The summed E-state index contributed by atoms with van der Waals surface area (Å²) in [7, 11) is 2.12. The molecule has 1 atom stereocenters. The first-order chi connectivity index (χ1) is 13.1. The van der Waals surface area contributed by atoms with E-state index in [0.717, 1.165) is 25.2 Å². The van der Waals surface area contributed by atoms with Crippen molar-refractivity contribution in [2.75, 3.05) is 39.8 Å². The van der Waals surface area contributed by atoms with Crippen molar-refractivity contribution in [3.63, 3.8) is 0 Å². The number of amides is 1. The second-order valence-electron chi connectivity index (χ2n) is 7.20. The molecule has 2 aromatic carbocycles. The van der Waals surface area contributed by atoms with E-state index in [1.54, 1.807) is 11.0 Å². The van der Waals surface area contributed by atoms with Gasteiger partial charge in [-0.25, -0.2) is 4.39 Å². The van der Waals surface area contributed by atoms with E-state index < -0.39 is 0 Å². The van der Waals surface area contributed by atoms with Gasteiger partial charge in [-0.2, -0.15) is 0 Å². The molecule has 0 aromatic heterocycles. The highest BCUT2D eigenvalue weighted by Crippen LogP contribution is 2.24. The van der Waals surface area contributed by atoms with Crippen molar-refractivity contribution in [1.82, 2.24) is 14.7 Å². The number of likely N-dealkylation sites (N-methyl/N-ethyl adjacent to an activating group) is 2. The van der Waals surface area contributed by atoms with Crippen LogP contribution in [0.4, 0.5) is 4.39 Å². The summed E-state index contributed by atoms with van der Waals surface area (Å²) in [6.07, 6.45) is 0. The Bertz CT molecular complexity index is 752. The Balaban J connectivity index is 1.70. The molecule has 5 heteroatoms. The topological polar surface area (TPSA) is 26.8 Å². The van der Waals surface area contributed by atoms with Crippen LogP contribution < -0.4 is 0 Å². The first-order valence-corrected chi connectivity index (χ1v) is 9.56. The van der Waals surface area contributed by atoms with Crippen molar-refractivity contribution in [3.8, 4) is 0 Å². The van der Waals surface area contributed by atoms with E-state index >= 15 is 0 Å². The summed E-state index contributed by atoms with van der Waals surface area (Å²) in [6, 6.07) is 17.1. The van der Waals surface area contributed by atoms with Crippen LogP contribution in [-0.2, 0) is 11.3 Å². The van der Waals surface area contributed by atoms with E-state index in [0.29, 0.717) is 19.6 Å². The second kappa shape index (κ2) is 9.11. The first-order valence-electron chi connectivity index (χ1n) is 9.56. The van der Waals surface area contributed by atoms with Crippen LogP contribution >= 0.6 is 0 Å². The maximum Gasteiger partial charge on any atom is 0.237 e. The van der Waals surface area contributed by atoms with E-state index in [1.165, 1.54) is 17.7 Å². The van der Waals surface area contributed by atoms with Crippen LogP contribution in [0.5, 0.6) is 0 Å². The molecule has 27 heavy (non-hydrogen) atoms. The number of carbonyl (C=O) groups excluding carboxylic acids is 1. The quantitative estimate of drug-likeness (QED) is 0.783. The summed E-state index contributed by atoms with van der Waals surface area (Å²) >= 11 is 0. The average molecular weight is 369 g/mol. The van der Waals surface area contributed by atoms with Gasteiger partial charge in [0.2, 0.25) is 5.91 Å². The third-order valence-corrected chi connectivity index (χ3v) is 5.21. The van der Waals surface area contributed by atoms with E-state index in [2.05, 4.69) is 29.0 Å². The molecular weight excluding hydrogens is 341 g/mol. The van der Waals surface area contributed by atoms with Gasteiger partial charge in [-0.05, 0) is 37.2 Å². The number of nitrogens with zero attached hydrogens (tertiary/aromatic N) is 3. The van der Waals surface area contributed by atoms with Crippen molar-refractivity contribution >= 4 is 5.91 Å². The fraction of sp³-hybridized carbons (Fsp3) is 0.409. The van der Waals surface area contributed by atoms with E-state index in [9.17, 15) is 9.18 Å². The Hall–Kier alpha value is -2.24. The third kappa shape index (κ3) is 5.15. The fourth-order valence-electron chi connectivity index (χ4n) is 3.64. The van der Waals surface area contributed by atoms with Gasteiger partial charge in [0.1, 0.15) is 5.82 Å². The number of carbonyl (C=O) groups is 1. The molecule has 1 saturated heterocycles. The highest BCUT2D eigenvalue weighted by Gasteiger charge is 2.29. The van der Waals surface area contributed by atoms with Crippen LogP contribution in [0.2, 0.25) is 0 Å². The SMILES string of the molecule is CCN(Cc1cccc(F)c1)C(=O)CN1CCN(C)CC1c1ccccc1. The molecule has 0 aliphatic carbocycles. The average Bonchev–Trinajstić information content (AvgIpc) is 2.68. The minimum Gasteiger partial charge on any atom is -0.338 e. The molecule has 0 bridgehead atoms. The number of halogens is 1. The van der Waals surface area contributed by atoms with Crippen molar-refractivity contribution < 1.29 is 9.18 Å². The largest absolute Gasteiger partial charge is 0.338 e. The van der Waals surface area contributed by atoms with Crippen LogP contribution in [0.1, 0.15) is 24.1 Å². The summed E-state index contributed by atoms with van der Waals surface area (Å²) in [6.45, 7) is 6.13. The van der Waals surface area contributed by atoms with Gasteiger partial charge in [-0.1, -0.05) is 42.5 Å². The van der Waals surface area contributed by atoms with Crippen LogP contribution in [0.15, 0.2) is 54.6 Å². The molecule has 3 rings (SSSR count). The molecule has 1 unspecified atom stereocenters. The van der Waals surface area contributed by atoms with Gasteiger partial charge in [0.15, 0.2) is 0 Å². The lowest BCUT2D eigenvalue weighted by atomic mass is 10.0.